The molecule has 0 aromatic carbocycles. The molecule has 18 heavy (non-hydrogen) atoms. The summed E-state index contributed by atoms with van der Waals surface area (Å²) < 4.78 is 1.73. The van der Waals surface area contributed by atoms with Crippen molar-refractivity contribution in [2.45, 2.75) is 13.1 Å². The van der Waals surface area contributed by atoms with Gasteiger partial charge in [-0.05, 0) is 19.1 Å². The molecule has 3 heterocycles. The summed E-state index contributed by atoms with van der Waals surface area (Å²) in [5.74, 6) is 0.486. The van der Waals surface area contributed by atoms with Crippen molar-refractivity contribution in [2.75, 3.05) is 5.32 Å². The monoisotopic (exact) mass is 243 g/mol. The Hall–Kier alpha value is -2.37. The van der Waals surface area contributed by atoms with Crippen molar-refractivity contribution >= 4 is 11.7 Å². The number of anilines is 1. The highest BCUT2D eigenvalue weighted by atomic mass is 16.2. The van der Waals surface area contributed by atoms with E-state index in [1.54, 1.807) is 23.0 Å². The predicted molar refractivity (Wildman–Crippen MR) is 66.0 cm³/mol. The van der Waals surface area contributed by atoms with Crippen LogP contribution in [0.3, 0.4) is 0 Å². The number of nitrogens with one attached hydrogen (secondary N) is 2. The van der Waals surface area contributed by atoms with E-state index in [4.69, 9.17) is 0 Å². The van der Waals surface area contributed by atoms with Gasteiger partial charge in [0.1, 0.15) is 12.0 Å². The van der Waals surface area contributed by atoms with E-state index < -0.39 is 0 Å². The number of hydrogen-bond donors (Lipinski definition) is 2. The molecule has 0 aliphatic carbocycles. The largest absolute Gasteiger partial charge is 0.345 e. The molecule has 2 aromatic heterocycles. The molecule has 0 fully saturated rings. The van der Waals surface area contributed by atoms with Gasteiger partial charge in [0.25, 0.3) is 5.91 Å². The van der Waals surface area contributed by atoms with Gasteiger partial charge in [-0.25, -0.2) is 4.98 Å². The van der Waals surface area contributed by atoms with Crippen LogP contribution in [0.2, 0.25) is 0 Å². The zero-order valence-electron chi connectivity index (χ0n) is 10.1. The first-order valence-electron chi connectivity index (χ1n) is 5.67. The molecule has 6 heteroatoms. The molecule has 0 saturated heterocycles. The molecule has 0 saturated carbocycles. The zero-order chi connectivity index (χ0) is 12.7. The van der Waals surface area contributed by atoms with E-state index in [1.165, 1.54) is 0 Å². The van der Waals surface area contributed by atoms with E-state index >= 15 is 0 Å². The molecule has 0 unspecified atom stereocenters. The number of fused-ring (bicyclic) bond motifs is 1. The first-order valence-corrected chi connectivity index (χ1v) is 5.67. The fourth-order valence-electron chi connectivity index (χ4n) is 2.14. The quantitative estimate of drug-likeness (QED) is 0.783. The van der Waals surface area contributed by atoms with Crippen molar-refractivity contribution in [3.63, 3.8) is 0 Å². The summed E-state index contributed by atoms with van der Waals surface area (Å²) in [5.41, 5.74) is 2.40. The molecule has 0 spiro atoms. The van der Waals surface area contributed by atoms with E-state index in [9.17, 15) is 4.79 Å². The minimum Gasteiger partial charge on any atom is -0.345 e. The molecule has 3 rings (SSSR count). The highest BCUT2D eigenvalue weighted by Gasteiger charge is 2.27. The molecular weight excluding hydrogens is 230 g/mol. The molecule has 1 amide bonds. The highest BCUT2D eigenvalue weighted by Crippen LogP contribution is 2.25. The molecule has 0 bridgehead atoms. The second-order valence-electron chi connectivity index (χ2n) is 4.29. The van der Waals surface area contributed by atoms with Gasteiger partial charge >= 0.3 is 0 Å². The summed E-state index contributed by atoms with van der Waals surface area (Å²) in [6, 6.07) is 3.49. The van der Waals surface area contributed by atoms with E-state index in [2.05, 4.69) is 20.7 Å². The fraction of sp³-hybridized carbons (Fsp3) is 0.250. The second-order valence-corrected chi connectivity index (χ2v) is 4.29. The lowest BCUT2D eigenvalue weighted by molar-refractivity contribution is 0.0935. The summed E-state index contributed by atoms with van der Waals surface area (Å²) in [6.45, 7) is 1.91. The summed E-state index contributed by atoms with van der Waals surface area (Å²) in [7, 11) is 1.85. The van der Waals surface area contributed by atoms with Crippen LogP contribution in [0, 0.1) is 6.92 Å². The van der Waals surface area contributed by atoms with E-state index in [0.29, 0.717) is 11.4 Å². The van der Waals surface area contributed by atoms with Gasteiger partial charge in [0.15, 0.2) is 0 Å². The Kier molecular flexibility index (Phi) is 2.29. The number of carbonyl (C=O) groups excluding carboxylic acids is 1. The predicted octanol–water partition coefficient (Wildman–Crippen LogP) is 0.978. The number of nitrogens with zero attached hydrogens (tertiary/aromatic N) is 3. The Balaban J connectivity index is 1.99. The number of pyridine rings is 1. The van der Waals surface area contributed by atoms with Gasteiger partial charge in [-0.3, -0.25) is 9.48 Å². The number of amides is 1. The van der Waals surface area contributed by atoms with Gasteiger partial charge in [0.05, 0.1) is 11.3 Å². The smallest absolute Gasteiger partial charge is 0.256 e. The zero-order valence-corrected chi connectivity index (χ0v) is 10.1. The minimum absolute atomic E-state index is 0.120. The Morgan fingerprint density at radius 3 is 2.94 bits per heavy atom. The van der Waals surface area contributed by atoms with E-state index in [-0.39, 0.29) is 12.1 Å². The lowest BCUT2D eigenvalue weighted by atomic mass is 10.1. The summed E-state index contributed by atoms with van der Waals surface area (Å²) in [4.78, 5) is 16.2. The number of aromatic nitrogens is 3. The molecule has 0 radical (unpaired) electrons. The minimum atomic E-state index is -0.284. The maximum absolute atomic E-state index is 12.0. The van der Waals surface area contributed by atoms with Crippen LogP contribution in [-0.4, -0.2) is 20.7 Å². The van der Waals surface area contributed by atoms with E-state index in [1.807, 2.05) is 20.2 Å². The fourth-order valence-corrected chi connectivity index (χ4v) is 2.14. The SMILES string of the molecule is Cc1nn(C)cc1[C@@H]1NC(=O)c2cccnc2N1. The van der Waals surface area contributed by atoms with Crippen molar-refractivity contribution in [1.82, 2.24) is 20.1 Å². The van der Waals surface area contributed by atoms with Crippen LogP contribution in [0.25, 0.3) is 0 Å². The molecule has 6 nitrogen and oxygen atoms in total. The maximum atomic E-state index is 12.0. The van der Waals surface area contributed by atoms with Crippen molar-refractivity contribution in [3.05, 3.63) is 41.3 Å². The van der Waals surface area contributed by atoms with Crippen LogP contribution in [0.5, 0.6) is 0 Å². The third kappa shape index (κ3) is 1.62. The van der Waals surface area contributed by atoms with Crippen LogP contribution in [-0.2, 0) is 7.05 Å². The molecule has 1 aliphatic heterocycles. The van der Waals surface area contributed by atoms with E-state index in [0.717, 1.165) is 11.3 Å². The molecule has 2 N–H and O–H groups in total. The summed E-state index contributed by atoms with van der Waals surface area (Å²) in [5, 5.41) is 10.4. The molecule has 2 aromatic rings. The van der Waals surface area contributed by atoms with Crippen molar-refractivity contribution in [1.29, 1.82) is 0 Å². The Morgan fingerprint density at radius 1 is 1.39 bits per heavy atom. The molecule has 92 valence electrons. The summed E-state index contributed by atoms with van der Waals surface area (Å²) >= 11 is 0. The van der Waals surface area contributed by atoms with Gasteiger partial charge in [-0.2, -0.15) is 5.10 Å². The van der Waals surface area contributed by atoms with Crippen LogP contribution in [0.1, 0.15) is 27.8 Å². The second kappa shape index (κ2) is 3.83. The van der Waals surface area contributed by atoms with Crippen LogP contribution >= 0.6 is 0 Å². The van der Waals surface area contributed by atoms with Crippen LogP contribution in [0.4, 0.5) is 5.82 Å². The lowest BCUT2D eigenvalue weighted by Crippen LogP contribution is -2.39. The average molecular weight is 243 g/mol. The van der Waals surface area contributed by atoms with Gasteiger partial charge < -0.3 is 10.6 Å². The molecule has 1 aliphatic rings. The van der Waals surface area contributed by atoms with Crippen LogP contribution < -0.4 is 10.6 Å². The number of rotatable bonds is 1. The van der Waals surface area contributed by atoms with Crippen molar-refractivity contribution in [3.8, 4) is 0 Å². The van der Waals surface area contributed by atoms with Gasteiger partial charge in [-0.1, -0.05) is 0 Å². The first kappa shape index (κ1) is 10.8. The standard InChI is InChI=1S/C12H13N5O/c1-7-9(6-17(2)16-7)11-14-10-8(12(18)15-11)4-3-5-13-10/h3-6,11H,1-2H3,(H,13,14)(H,15,18)/t11-/m0/s1. The maximum Gasteiger partial charge on any atom is 0.256 e. The van der Waals surface area contributed by atoms with Gasteiger partial charge in [-0.15, -0.1) is 0 Å². The Bertz CT molecular complexity index is 619. The normalized spacial score (nSPS) is 17.9. The Labute approximate surface area is 104 Å². The Morgan fingerprint density at radius 2 is 2.22 bits per heavy atom. The number of aryl methyl sites for hydroxylation is 2. The number of hydrogen-bond acceptors (Lipinski definition) is 4. The third-order valence-electron chi connectivity index (χ3n) is 2.97. The lowest BCUT2D eigenvalue weighted by Gasteiger charge is -2.26. The van der Waals surface area contributed by atoms with Crippen molar-refractivity contribution in [2.24, 2.45) is 7.05 Å². The highest BCUT2D eigenvalue weighted by molar-refractivity contribution is 6.00. The van der Waals surface area contributed by atoms with Gasteiger partial charge in [0, 0.05) is 25.0 Å². The van der Waals surface area contributed by atoms with Crippen molar-refractivity contribution < 1.29 is 4.79 Å². The third-order valence-corrected chi connectivity index (χ3v) is 2.97. The number of carbonyl (C=O) groups is 1. The molecule has 1 atom stereocenters. The summed E-state index contributed by atoms with van der Waals surface area (Å²) in [6.07, 6.45) is 3.27. The van der Waals surface area contributed by atoms with Gasteiger partial charge in [0.2, 0.25) is 0 Å². The average Bonchev–Trinajstić information content (AvgIpc) is 2.68. The topological polar surface area (TPSA) is 71.8 Å². The molecular formula is C12H13N5O. The first-order chi connectivity index (χ1) is 8.65. The van der Waals surface area contributed by atoms with Crippen LogP contribution in [0.15, 0.2) is 24.5 Å².